The van der Waals surface area contributed by atoms with Gasteiger partial charge in [0.2, 0.25) is 0 Å². The molecule has 0 amide bonds. The van der Waals surface area contributed by atoms with E-state index in [0.29, 0.717) is 19.0 Å². The predicted octanol–water partition coefficient (Wildman–Crippen LogP) is 0.565. The second-order valence-electron chi connectivity index (χ2n) is 3.38. The highest BCUT2D eigenvalue weighted by Gasteiger charge is 2.27. The van der Waals surface area contributed by atoms with E-state index in [4.69, 9.17) is 22.7 Å². The fraction of sp³-hybridized carbons (Fsp3) is 1.00. The lowest BCUT2D eigenvalue weighted by atomic mass is 10.1. The molecule has 0 aromatic heterocycles. The van der Waals surface area contributed by atoms with E-state index < -0.39 is 12.8 Å². The van der Waals surface area contributed by atoms with Crippen molar-refractivity contribution in [3.63, 3.8) is 0 Å². The first-order valence-electron chi connectivity index (χ1n) is 4.88. The molecule has 2 unspecified atom stereocenters. The average molecular weight is 225 g/mol. The third-order valence-corrected chi connectivity index (χ3v) is 3.76. The highest BCUT2D eigenvalue weighted by atomic mass is 32.4. The summed E-state index contributed by atoms with van der Waals surface area (Å²) in [6, 6.07) is 0. The molecule has 1 saturated heterocycles. The summed E-state index contributed by atoms with van der Waals surface area (Å²) in [4.78, 5) is 11.3. The monoisotopic (exact) mass is 225 g/mol. The first kappa shape index (κ1) is 10.1. The van der Waals surface area contributed by atoms with Crippen LogP contribution in [-0.4, -0.2) is 38.7 Å². The van der Waals surface area contributed by atoms with Gasteiger partial charge in [0.15, 0.2) is 0 Å². The van der Waals surface area contributed by atoms with Gasteiger partial charge < -0.3 is 14.4 Å². The second-order valence-corrected chi connectivity index (χ2v) is 8.17. The van der Waals surface area contributed by atoms with E-state index in [0.717, 1.165) is 0 Å². The standard InChI is InChI=1S/C8H17O3PS/c1-10-7-3-5-11-8(7)4-6-12(2,9)13/h7-8H,3-6H2,1-2H3,(H,9,13)/p-1/t7-,8-,12?/m1/s1/i5T/t5?,7-,8-,12?. The van der Waals surface area contributed by atoms with Crippen LogP contribution in [0.25, 0.3) is 0 Å². The summed E-state index contributed by atoms with van der Waals surface area (Å²) >= 11 is 4.84. The molecule has 3 nitrogen and oxygen atoms in total. The summed E-state index contributed by atoms with van der Waals surface area (Å²) in [5.41, 5.74) is 0. The Morgan fingerprint density at radius 2 is 2.54 bits per heavy atom. The van der Waals surface area contributed by atoms with Crippen molar-refractivity contribution in [2.75, 3.05) is 26.5 Å². The molecule has 4 atom stereocenters. The van der Waals surface area contributed by atoms with Crippen LogP contribution in [0.3, 0.4) is 0 Å². The minimum Gasteiger partial charge on any atom is -0.821 e. The second kappa shape index (κ2) is 4.85. The zero-order valence-corrected chi connectivity index (χ0v) is 9.64. The van der Waals surface area contributed by atoms with Gasteiger partial charge in [0, 0.05) is 13.7 Å². The van der Waals surface area contributed by atoms with Crippen molar-refractivity contribution in [3.8, 4) is 0 Å². The summed E-state index contributed by atoms with van der Waals surface area (Å²) in [7, 11) is 1.61. The van der Waals surface area contributed by atoms with Crippen molar-refractivity contribution in [1.82, 2.24) is 0 Å². The van der Waals surface area contributed by atoms with Crippen molar-refractivity contribution in [3.05, 3.63) is 0 Å². The van der Waals surface area contributed by atoms with Crippen molar-refractivity contribution in [2.45, 2.75) is 25.0 Å². The van der Waals surface area contributed by atoms with E-state index in [1.54, 1.807) is 13.8 Å². The molecule has 1 heterocycles. The van der Waals surface area contributed by atoms with E-state index in [1.807, 2.05) is 0 Å². The molecule has 1 rings (SSSR count). The minimum absolute atomic E-state index is 0.0425. The van der Waals surface area contributed by atoms with Crippen molar-refractivity contribution in [2.24, 2.45) is 0 Å². The topological polar surface area (TPSA) is 41.5 Å². The summed E-state index contributed by atoms with van der Waals surface area (Å²) in [5, 5.41) is 0. The fourth-order valence-corrected chi connectivity index (χ4v) is 2.42. The van der Waals surface area contributed by atoms with Gasteiger partial charge in [-0.15, -0.1) is 18.1 Å². The van der Waals surface area contributed by atoms with Gasteiger partial charge in [-0.3, -0.25) is 0 Å². The Hall–Kier alpha value is 0.530. The first-order valence-corrected chi connectivity index (χ1v) is 7.65. The van der Waals surface area contributed by atoms with E-state index in [2.05, 4.69) is 0 Å². The number of methoxy groups -OCH3 is 1. The van der Waals surface area contributed by atoms with E-state index in [-0.39, 0.29) is 12.2 Å². The normalized spacial score (nSPS) is 39.9. The first-order chi connectivity index (χ1) is 6.42. The molecule has 0 aliphatic carbocycles. The zero-order chi connectivity index (χ0) is 10.8. The molecular formula is C8H16O3PS-. The van der Waals surface area contributed by atoms with E-state index >= 15 is 0 Å². The van der Waals surface area contributed by atoms with Crippen LogP contribution in [0.1, 0.15) is 14.2 Å². The Bertz CT molecular complexity index is 233. The molecular weight excluding hydrogens is 207 g/mol. The van der Waals surface area contributed by atoms with Crippen LogP contribution >= 0.6 is 6.26 Å². The van der Waals surface area contributed by atoms with Crippen molar-refractivity contribution >= 4 is 18.1 Å². The van der Waals surface area contributed by atoms with Crippen molar-refractivity contribution < 1.29 is 15.7 Å². The molecule has 0 saturated carbocycles. The fourth-order valence-electron chi connectivity index (χ4n) is 1.38. The number of hydrogen-bond donors (Lipinski definition) is 0. The Morgan fingerprint density at radius 3 is 3.08 bits per heavy atom. The van der Waals surface area contributed by atoms with Crippen LogP contribution in [0.15, 0.2) is 0 Å². The van der Waals surface area contributed by atoms with E-state index in [1.165, 1.54) is 0 Å². The quantitative estimate of drug-likeness (QED) is 0.656. The van der Waals surface area contributed by atoms with Gasteiger partial charge in [0.25, 0.3) is 0 Å². The van der Waals surface area contributed by atoms with Crippen LogP contribution in [0.2, 0.25) is 0 Å². The molecule has 0 spiro atoms. The lowest BCUT2D eigenvalue weighted by Crippen LogP contribution is -2.24. The maximum absolute atomic E-state index is 11.3. The van der Waals surface area contributed by atoms with Gasteiger partial charge in [-0.25, -0.2) is 0 Å². The highest BCUT2D eigenvalue weighted by molar-refractivity contribution is 8.10. The summed E-state index contributed by atoms with van der Waals surface area (Å²) in [6.45, 7) is 1.09. The summed E-state index contributed by atoms with van der Waals surface area (Å²) < 4.78 is 18.0. The Kier molecular flexibility index (Phi) is 3.75. The van der Waals surface area contributed by atoms with Crippen LogP contribution in [0, 0.1) is 0 Å². The lowest BCUT2D eigenvalue weighted by Gasteiger charge is -2.25. The number of ether oxygens (including phenoxy) is 2. The van der Waals surface area contributed by atoms with Crippen LogP contribution in [-0.2, 0) is 21.3 Å². The van der Waals surface area contributed by atoms with Gasteiger partial charge in [-0.2, -0.15) is 0 Å². The molecule has 13 heavy (non-hydrogen) atoms. The average Bonchev–Trinajstić information content (AvgIpc) is 2.41. The Balaban J connectivity index is 2.40. The molecule has 0 N–H and O–H groups in total. The number of rotatable bonds is 4. The van der Waals surface area contributed by atoms with Gasteiger partial charge >= 0.3 is 0 Å². The largest absolute Gasteiger partial charge is 0.821 e. The van der Waals surface area contributed by atoms with Crippen LogP contribution < -0.4 is 4.89 Å². The summed E-state index contributed by atoms with van der Waals surface area (Å²) in [6.07, 6.45) is -0.837. The Labute approximate surface area is 85.9 Å². The van der Waals surface area contributed by atoms with Crippen molar-refractivity contribution in [1.29, 1.82) is 0 Å². The van der Waals surface area contributed by atoms with Gasteiger partial charge in [-0.05, 0) is 25.7 Å². The van der Waals surface area contributed by atoms with Gasteiger partial charge in [0.05, 0.1) is 13.6 Å². The SMILES string of the molecule is [3H]C1C[C@@H](OC)[C@@H](CCP(C)([O-])=S)O1. The van der Waals surface area contributed by atoms with Gasteiger partial charge in [0.1, 0.15) is 0 Å². The van der Waals surface area contributed by atoms with E-state index in [9.17, 15) is 4.89 Å². The molecule has 1 fully saturated rings. The summed E-state index contributed by atoms with van der Waals surface area (Å²) in [5.74, 6) is 0. The van der Waals surface area contributed by atoms with Gasteiger partial charge in [-0.1, -0.05) is 0 Å². The third kappa shape index (κ3) is 4.05. The smallest absolute Gasteiger partial charge is 0.0854 e. The molecule has 1 aliphatic rings. The third-order valence-electron chi connectivity index (χ3n) is 2.14. The molecule has 0 aromatic rings. The molecule has 1 aliphatic heterocycles. The molecule has 78 valence electrons. The number of hydrogen-bond acceptors (Lipinski definition) is 4. The molecule has 0 bridgehead atoms. The maximum Gasteiger partial charge on any atom is 0.0854 e. The zero-order valence-electron chi connectivity index (χ0n) is 8.93. The predicted molar refractivity (Wildman–Crippen MR) is 54.8 cm³/mol. The highest BCUT2D eigenvalue weighted by Crippen LogP contribution is 2.33. The van der Waals surface area contributed by atoms with Crippen LogP contribution in [0.5, 0.6) is 0 Å². The maximum atomic E-state index is 11.3. The lowest BCUT2D eigenvalue weighted by molar-refractivity contribution is -0.160. The molecule has 0 radical (unpaired) electrons. The Morgan fingerprint density at radius 1 is 1.85 bits per heavy atom. The minimum atomic E-state index is -2.39. The molecule has 0 aromatic carbocycles. The van der Waals surface area contributed by atoms with Crippen LogP contribution in [0.4, 0.5) is 0 Å². The molecule has 5 heteroatoms.